The Morgan fingerprint density at radius 3 is 2.38 bits per heavy atom. The number of Topliss-reactive ketones (excluding diaryl/α,β-unsaturated/α-hetero) is 1. The number of nitrogens with two attached hydrogens (primary N) is 1. The van der Waals surface area contributed by atoms with Crippen molar-refractivity contribution in [1.29, 1.82) is 0 Å². The molecule has 3 heteroatoms. The highest BCUT2D eigenvalue weighted by Crippen LogP contribution is 2.21. The molecule has 0 bridgehead atoms. The Kier molecular flexibility index (Phi) is 3.81. The Labute approximate surface area is 95.7 Å². The van der Waals surface area contributed by atoms with E-state index in [0.29, 0.717) is 24.0 Å². The maximum absolute atomic E-state index is 12.9. The molecule has 2 N–H and O–H groups in total. The number of benzene rings is 1. The van der Waals surface area contributed by atoms with Crippen LogP contribution in [-0.2, 0) is 0 Å². The van der Waals surface area contributed by atoms with Gasteiger partial charge in [0.25, 0.3) is 0 Å². The molecule has 0 aliphatic carbocycles. The molecule has 1 aromatic rings. The Morgan fingerprint density at radius 1 is 1.38 bits per heavy atom. The summed E-state index contributed by atoms with van der Waals surface area (Å²) in [5.74, 6) is -0.431. The van der Waals surface area contributed by atoms with Gasteiger partial charge in [-0.25, -0.2) is 4.39 Å². The summed E-state index contributed by atoms with van der Waals surface area (Å²) in [5, 5.41) is 0. The molecule has 0 amide bonds. The molecule has 1 rings (SSSR count). The molecule has 0 aromatic heterocycles. The van der Waals surface area contributed by atoms with Gasteiger partial charge in [0.1, 0.15) is 5.82 Å². The molecule has 0 unspecified atom stereocenters. The van der Waals surface area contributed by atoms with Gasteiger partial charge in [-0.15, -0.1) is 0 Å². The summed E-state index contributed by atoms with van der Waals surface area (Å²) in [6.45, 7) is 5.50. The van der Waals surface area contributed by atoms with Gasteiger partial charge in [0, 0.05) is 5.56 Å². The number of rotatable bonds is 4. The molecule has 0 fully saturated rings. The van der Waals surface area contributed by atoms with Gasteiger partial charge in [-0.1, -0.05) is 13.8 Å². The summed E-state index contributed by atoms with van der Waals surface area (Å²) >= 11 is 0. The van der Waals surface area contributed by atoms with Crippen molar-refractivity contribution in [3.63, 3.8) is 0 Å². The Hall–Kier alpha value is -1.22. The largest absolute Gasteiger partial charge is 0.319 e. The highest BCUT2D eigenvalue weighted by Gasteiger charge is 2.31. The van der Waals surface area contributed by atoms with Crippen LogP contribution in [-0.4, -0.2) is 11.3 Å². The normalized spacial score (nSPS) is 11.6. The lowest BCUT2D eigenvalue weighted by atomic mass is 9.84. The molecule has 0 spiro atoms. The van der Waals surface area contributed by atoms with E-state index in [4.69, 9.17) is 5.73 Å². The lowest BCUT2D eigenvalue weighted by molar-refractivity contribution is 0.0879. The van der Waals surface area contributed by atoms with Gasteiger partial charge < -0.3 is 5.73 Å². The third kappa shape index (κ3) is 2.30. The second-order valence-corrected chi connectivity index (χ2v) is 4.15. The van der Waals surface area contributed by atoms with Crippen molar-refractivity contribution < 1.29 is 9.18 Å². The molecule has 0 heterocycles. The monoisotopic (exact) mass is 223 g/mol. The molecule has 0 aliphatic rings. The molecular weight excluding hydrogens is 205 g/mol. The van der Waals surface area contributed by atoms with E-state index in [-0.39, 0.29) is 11.6 Å². The van der Waals surface area contributed by atoms with Gasteiger partial charge in [0.15, 0.2) is 5.78 Å². The predicted octanol–water partition coefficient (Wildman–Crippen LogP) is 2.83. The molecule has 2 nitrogen and oxygen atoms in total. The Balaban J connectivity index is 3.14. The van der Waals surface area contributed by atoms with E-state index in [9.17, 15) is 9.18 Å². The second-order valence-electron chi connectivity index (χ2n) is 4.15. The van der Waals surface area contributed by atoms with Crippen molar-refractivity contribution in [3.8, 4) is 0 Å². The maximum atomic E-state index is 12.9. The first kappa shape index (κ1) is 12.8. The van der Waals surface area contributed by atoms with Gasteiger partial charge in [0.05, 0.1) is 5.54 Å². The van der Waals surface area contributed by atoms with Crippen LogP contribution < -0.4 is 5.73 Å². The van der Waals surface area contributed by atoms with E-state index >= 15 is 0 Å². The minimum absolute atomic E-state index is 0.102. The summed E-state index contributed by atoms with van der Waals surface area (Å²) < 4.78 is 12.9. The summed E-state index contributed by atoms with van der Waals surface area (Å²) in [7, 11) is 0. The number of hydrogen-bond donors (Lipinski definition) is 1. The fourth-order valence-corrected chi connectivity index (χ4v) is 1.72. The fourth-order valence-electron chi connectivity index (χ4n) is 1.72. The summed E-state index contributed by atoms with van der Waals surface area (Å²) in [4.78, 5) is 12.2. The standard InChI is InChI=1S/C13H18FNO/c1-4-13(15,5-2)12(16)11-7-6-10(14)8-9(11)3/h6-8H,4-5,15H2,1-3H3. The van der Waals surface area contributed by atoms with E-state index in [0.717, 1.165) is 0 Å². The van der Waals surface area contributed by atoms with Crippen LogP contribution in [0.15, 0.2) is 18.2 Å². The van der Waals surface area contributed by atoms with Crippen molar-refractivity contribution >= 4 is 5.78 Å². The van der Waals surface area contributed by atoms with Gasteiger partial charge in [-0.2, -0.15) is 0 Å². The van der Waals surface area contributed by atoms with Crippen molar-refractivity contribution in [3.05, 3.63) is 35.1 Å². The van der Waals surface area contributed by atoms with Crippen molar-refractivity contribution in [2.75, 3.05) is 0 Å². The maximum Gasteiger partial charge on any atom is 0.182 e. The lowest BCUT2D eigenvalue weighted by Gasteiger charge is -2.25. The van der Waals surface area contributed by atoms with Crippen LogP contribution in [0, 0.1) is 12.7 Å². The first-order chi connectivity index (χ1) is 7.44. The van der Waals surface area contributed by atoms with Crippen molar-refractivity contribution in [2.45, 2.75) is 39.2 Å². The quantitative estimate of drug-likeness (QED) is 0.797. The van der Waals surface area contributed by atoms with E-state index in [1.807, 2.05) is 13.8 Å². The smallest absolute Gasteiger partial charge is 0.182 e. The van der Waals surface area contributed by atoms with Crippen LogP contribution in [0.5, 0.6) is 0 Å². The third-order valence-corrected chi connectivity index (χ3v) is 3.15. The van der Waals surface area contributed by atoms with Gasteiger partial charge >= 0.3 is 0 Å². The second kappa shape index (κ2) is 4.74. The minimum atomic E-state index is -0.831. The zero-order chi connectivity index (χ0) is 12.3. The van der Waals surface area contributed by atoms with Crippen LogP contribution in [0.2, 0.25) is 0 Å². The summed E-state index contributed by atoms with van der Waals surface area (Å²) in [6, 6.07) is 4.17. The molecular formula is C13H18FNO. The molecule has 0 atom stereocenters. The molecule has 0 radical (unpaired) electrons. The van der Waals surface area contributed by atoms with Gasteiger partial charge in [-0.3, -0.25) is 4.79 Å². The lowest BCUT2D eigenvalue weighted by Crippen LogP contribution is -2.47. The van der Waals surface area contributed by atoms with E-state index in [2.05, 4.69) is 0 Å². The average Bonchev–Trinajstić information content (AvgIpc) is 2.27. The number of aryl methyl sites for hydroxylation is 1. The van der Waals surface area contributed by atoms with Crippen LogP contribution in [0.25, 0.3) is 0 Å². The first-order valence-corrected chi connectivity index (χ1v) is 5.54. The summed E-state index contributed by atoms with van der Waals surface area (Å²) in [6.07, 6.45) is 1.16. The van der Waals surface area contributed by atoms with E-state index in [1.165, 1.54) is 18.2 Å². The number of hydrogen-bond acceptors (Lipinski definition) is 2. The van der Waals surface area contributed by atoms with Gasteiger partial charge in [0.2, 0.25) is 0 Å². The minimum Gasteiger partial charge on any atom is -0.319 e. The third-order valence-electron chi connectivity index (χ3n) is 3.15. The van der Waals surface area contributed by atoms with Crippen LogP contribution >= 0.6 is 0 Å². The fraction of sp³-hybridized carbons (Fsp3) is 0.462. The van der Waals surface area contributed by atoms with Crippen molar-refractivity contribution in [1.82, 2.24) is 0 Å². The molecule has 0 saturated heterocycles. The number of carbonyl (C=O) groups is 1. The number of ketones is 1. The summed E-state index contributed by atoms with van der Waals surface area (Å²) in [5.41, 5.74) is 6.37. The van der Waals surface area contributed by atoms with E-state index < -0.39 is 5.54 Å². The van der Waals surface area contributed by atoms with Crippen LogP contribution in [0.3, 0.4) is 0 Å². The zero-order valence-corrected chi connectivity index (χ0v) is 10.0. The Bertz CT molecular complexity index is 397. The molecule has 88 valence electrons. The average molecular weight is 223 g/mol. The highest BCUT2D eigenvalue weighted by molar-refractivity contribution is 6.04. The van der Waals surface area contributed by atoms with Gasteiger partial charge in [-0.05, 0) is 43.5 Å². The molecule has 16 heavy (non-hydrogen) atoms. The predicted molar refractivity (Wildman–Crippen MR) is 63.0 cm³/mol. The molecule has 1 aromatic carbocycles. The van der Waals surface area contributed by atoms with Crippen LogP contribution in [0.1, 0.15) is 42.6 Å². The Morgan fingerprint density at radius 2 is 1.94 bits per heavy atom. The highest BCUT2D eigenvalue weighted by atomic mass is 19.1. The number of halogens is 1. The molecule has 0 aliphatic heterocycles. The first-order valence-electron chi connectivity index (χ1n) is 5.54. The topological polar surface area (TPSA) is 43.1 Å². The van der Waals surface area contributed by atoms with E-state index in [1.54, 1.807) is 6.92 Å². The van der Waals surface area contributed by atoms with Crippen LogP contribution in [0.4, 0.5) is 4.39 Å². The zero-order valence-electron chi connectivity index (χ0n) is 10.0. The SMILES string of the molecule is CCC(N)(CC)C(=O)c1ccc(F)cc1C. The van der Waals surface area contributed by atoms with Crippen molar-refractivity contribution in [2.24, 2.45) is 5.73 Å². The molecule has 0 saturated carbocycles. The number of carbonyl (C=O) groups excluding carboxylic acids is 1.